The third kappa shape index (κ3) is 3.19. The van der Waals surface area contributed by atoms with Crippen molar-refractivity contribution in [3.05, 3.63) is 62.6 Å². The molecule has 0 bridgehead atoms. The molecule has 0 aliphatic carbocycles. The van der Waals surface area contributed by atoms with E-state index in [0.29, 0.717) is 0 Å². The predicted molar refractivity (Wildman–Crippen MR) is 86.9 cm³/mol. The van der Waals surface area contributed by atoms with Crippen LogP contribution in [0.15, 0.2) is 34.8 Å². The molecule has 2 aromatic carbocycles. The normalized spacial score (nSPS) is 10.6. The quantitative estimate of drug-likeness (QED) is 0.810. The fourth-order valence-corrected chi connectivity index (χ4v) is 3.06. The van der Waals surface area contributed by atoms with Crippen molar-refractivity contribution >= 4 is 21.6 Å². The molecule has 0 fully saturated rings. The molecule has 0 aromatic heterocycles. The Morgan fingerprint density at radius 1 is 0.947 bits per heavy atom. The Bertz CT molecular complexity index is 579. The van der Waals surface area contributed by atoms with Gasteiger partial charge < -0.3 is 5.32 Å². The second kappa shape index (κ2) is 5.79. The molecule has 0 atom stereocenters. The topological polar surface area (TPSA) is 12.0 Å². The summed E-state index contributed by atoms with van der Waals surface area (Å²) in [6, 6.07) is 10.8. The number of hydrogen-bond donors (Lipinski definition) is 1. The van der Waals surface area contributed by atoms with Crippen LogP contribution in [0.3, 0.4) is 0 Å². The van der Waals surface area contributed by atoms with Gasteiger partial charge in [0.25, 0.3) is 0 Å². The van der Waals surface area contributed by atoms with Gasteiger partial charge in [-0.3, -0.25) is 0 Å². The predicted octanol–water partition coefficient (Wildman–Crippen LogP) is 5.29. The molecule has 0 saturated carbocycles. The average Bonchev–Trinajstić information content (AvgIpc) is 2.33. The Morgan fingerprint density at radius 2 is 1.58 bits per heavy atom. The van der Waals surface area contributed by atoms with Crippen LogP contribution in [0.2, 0.25) is 0 Å². The lowest BCUT2D eigenvalue weighted by Crippen LogP contribution is -2.05. The molecule has 0 unspecified atom stereocenters. The third-order valence-electron chi connectivity index (χ3n) is 3.67. The van der Waals surface area contributed by atoms with Gasteiger partial charge in [0.1, 0.15) is 0 Å². The van der Waals surface area contributed by atoms with E-state index in [9.17, 15) is 0 Å². The Labute approximate surface area is 124 Å². The smallest absolute Gasteiger partial charge is 0.0403 e. The summed E-state index contributed by atoms with van der Waals surface area (Å²) in [6.45, 7) is 9.51. The maximum absolute atomic E-state index is 3.57. The fraction of sp³-hybridized carbons (Fsp3) is 0.294. The average molecular weight is 318 g/mol. The highest BCUT2D eigenvalue weighted by molar-refractivity contribution is 9.10. The molecular formula is C17H20BrN. The van der Waals surface area contributed by atoms with Gasteiger partial charge in [-0.25, -0.2) is 0 Å². The summed E-state index contributed by atoms with van der Waals surface area (Å²) in [5.74, 6) is 0. The lowest BCUT2D eigenvalue weighted by molar-refractivity contribution is 1.09. The number of halogens is 1. The van der Waals surface area contributed by atoms with Crippen molar-refractivity contribution in [2.45, 2.75) is 34.2 Å². The van der Waals surface area contributed by atoms with E-state index < -0.39 is 0 Å². The van der Waals surface area contributed by atoms with E-state index in [0.717, 1.165) is 11.0 Å². The summed E-state index contributed by atoms with van der Waals surface area (Å²) in [4.78, 5) is 0. The molecule has 0 amide bonds. The van der Waals surface area contributed by atoms with E-state index in [2.05, 4.69) is 79.3 Å². The highest BCUT2D eigenvalue weighted by atomic mass is 79.9. The number of rotatable bonds is 3. The minimum Gasteiger partial charge on any atom is -0.381 e. The maximum Gasteiger partial charge on any atom is 0.0403 e. The first-order valence-corrected chi connectivity index (χ1v) is 7.34. The number of nitrogens with one attached hydrogen (secondary N) is 1. The van der Waals surface area contributed by atoms with E-state index >= 15 is 0 Å². The Morgan fingerprint density at radius 3 is 2.21 bits per heavy atom. The van der Waals surface area contributed by atoms with Gasteiger partial charge in [-0.15, -0.1) is 0 Å². The molecule has 1 N–H and O–H groups in total. The van der Waals surface area contributed by atoms with Crippen LogP contribution in [0, 0.1) is 27.7 Å². The summed E-state index contributed by atoms with van der Waals surface area (Å²) in [5.41, 5.74) is 7.88. The Hall–Kier alpha value is -1.28. The third-order valence-corrected chi connectivity index (χ3v) is 4.13. The maximum atomic E-state index is 3.57. The highest BCUT2D eigenvalue weighted by Crippen LogP contribution is 2.26. The van der Waals surface area contributed by atoms with E-state index in [1.807, 2.05) is 0 Å². The first kappa shape index (κ1) is 14.1. The second-order valence-corrected chi connectivity index (χ2v) is 6.04. The highest BCUT2D eigenvalue weighted by Gasteiger charge is 2.05. The van der Waals surface area contributed by atoms with E-state index in [4.69, 9.17) is 0 Å². The Kier molecular flexibility index (Phi) is 4.31. The van der Waals surface area contributed by atoms with Crippen LogP contribution >= 0.6 is 15.9 Å². The van der Waals surface area contributed by atoms with Crippen molar-refractivity contribution in [2.24, 2.45) is 0 Å². The summed E-state index contributed by atoms with van der Waals surface area (Å²) >= 11 is 3.54. The molecule has 19 heavy (non-hydrogen) atoms. The zero-order chi connectivity index (χ0) is 14.0. The van der Waals surface area contributed by atoms with Crippen molar-refractivity contribution in [1.82, 2.24) is 0 Å². The van der Waals surface area contributed by atoms with Gasteiger partial charge in [-0.05, 0) is 67.6 Å². The molecule has 0 radical (unpaired) electrons. The van der Waals surface area contributed by atoms with Gasteiger partial charge in [0.15, 0.2) is 0 Å². The summed E-state index contributed by atoms with van der Waals surface area (Å²) in [5, 5.41) is 3.57. The standard InChI is InChI=1S/C17H20BrN/c1-11-6-5-7-15(14(11)4)10-19-17-12(2)8-16(18)9-13(17)3/h5-9,19H,10H2,1-4H3. The van der Waals surface area contributed by atoms with Gasteiger partial charge in [-0.1, -0.05) is 34.1 Å². The molecular weight excluding hydrogens is 298 g/mol. The van der Waals surface area contributed by atoms with Gasteiger partial charge in [-0.2, -0.15) is 0 Å². The van der Waals surface area contributed by atoms with Gasteiger partial charge in [0.2, 0.25) is 0 Å². The fourth-order valence-electron chi connectivity index (χ4n) is 2.38. The summed E-state index contributed by atoms with van der Waals surface area (Å²) in [7, 11) is 0. The van der Waals surface area contributed by atoms with E-state index in [1.165, 1.54) is 33.5 Å². The van der Waals surface area contributed by atoms with Crippen molar-refractivity contribution < 1.29 is 0 Å². The first-order chi connectivity index (χ1) is 8.99. The molecule has 0 saturated heterocycles. The van der Waals surface area contributed by atoms with Crippen molar-refractivity contribution in [3.8, 4) is 0 Å². The molecule has 2 rings (SSSR count). The van der Waals surface area contributed by atoms with Crippen molar-refractivity contribution in [2.75, 3.05) is 5.32 Å². The van der Waals surface area contributed by atoms with Crippen LogP contribution in [0.25, 0.3) is 0 Å². The van der Waals surface area contributed by atoms with Crippen LogP contribution in [0.5, 0.6) is 0 Å². The Balaban J connectivity index is 2.22. The van der Waals surface area contributed by atoms with E-state index in [-0.39, 0.29) is 0 Å². The molecule has 0 spiro atoms. The van der Waals surface area contributed by atoms with Gasteiger partial charge >= 0.3 is 0 Å². The lowest BCUT2D eigenvalue weighted by Gasteiger charge is -2.15. The number of aryl methyl sites for hydroxylation is 3. The zero-order valence-corrected chi connectivity index (χ0v) is 13.6. The molecule has 0 heterocycles. The van der Waals surface area contributed by atoms with Crippen LogP contribution < -0.4 is 5.32 Å². The molecule has 0 aliphatic heterocycles. The molecule has 100 valence electrons. The number of anilines is 1. The largest absolute Gasteiger partial charge is 0.381 e. The molecule has 1 nitrogen and oxygen atoms in total. The lowest BCUT2D eigenvalue weighted by atomic mass is 10.0. The first-order valence-electron chi connectivity index (χ1n) is 6.54. The van der Waals surface area contributed by atoms with Crippen LogP contribution in [-0.2, 0) is 6.54 Å². The van der Waals surface area contributed by atoms with E-state index in [1.54, 1.807) is 0 Å². The number of hydrogen-bond acceptors (Lipinski definition) is 1. The van der Waals surface area contributed by atoms with Crippen LogP contribution in [0.4, 0.5) is 5.69 Å². The van der Waals surface area contributed by atoms with Gasteiger partial charge in [0, 0.05) is 16.7 Å². The monoisotopic (exact) mass is 317 g/mol. The van der Waals surface area contributed by atoms with Crippen LogP contribution in [-0.4, -0.2) is 0 Å². The molecule has 2 aromatic rings. The van der Waals surface area contributed by atoms with Gasteiger partial charge in [0.05, 0.1) is 0 Å². The molecule has 0 aliphatic rings. The van der Waals surface area contributed by atoms with Crippen LogP contribution in [0.1, 0.15) is 27.8 Å². The minimum atomic E-state index is 0.872. The minimum absolute atomic E-state index is 0.872. The second-order valence-electron chi connectivity index (χ2n) is 5.13. The van der Waals surface area contributed by atoms with Crippen molar-refractivity contribution in [1.29, 1.82) is 0 Å². The van der Waals surface area contributed by atoms with Crippen molar-refractivity contribution in [3.63, 3.8) is 0 Å². The summed E-state index contributed by atoms with van der Waals surface area (Å²) in [6.07, 6.45) is 0. The zero-order valence-electron chi connectivity index (χ0n) is 12.0. The SMILES string of the molecule is Cc1cccc(CNc2c(C)cc(Br)cc2C)c1C. The number of benzene rings is 2. The summed E-state index contributed by atoms with van der Waals surface area (Å²) < 4.78 is 1.14. The molecule has 2 heteroatoms.